The zero-order chi connectivity index (χ0) is 19.1. The smallest absolute Gasteiger partial charge is 0.224 e. The Hall–Kier alpha value is -2.02. The van der Waals surface area contributed by atoms with Gasteiger partial charge in [-0.15, -0.1) is 0 Å². The number of nitrogens with zero attached hydrogens (tertiary/aromatic N) is 2. The minimum atomic E-state index is -0.838. The Morgan fingerprint density at radius 2 is 1.93 bits per heavy atom. The number of nitrogens with one attached hydrogen (secondary N) is 1. The van der Waals surface area contributed by atoms with Crippen molar-refractivity contribution in [1.29, 1.82) is 0 Å². The number of benzene rings is 1. The maximum absolute atomic E-state index is 14.5. The zero-order valence-electron chi connectivity index (χ0n) is 15.5. The summed E-state index contributed by atoms with van der Waals surface area (Å²) in [7, 11) is 0. The molecule has 4 fully saturated rings. The van der Waals surface area contributed by atoms with Crippen LogP contribution in [0.2, 0.25) is 0 Å². The van der Waals surface area contributed by atoms with Gasteiger partial charge in [-0.3, -0.25) is 14.5 Å². The first-order valence-electron chi connectivity index (χ1n) is 9.69. The highest BCUT2D eigenvalue weighted by atomic mass is 19.2. The van der Waals surface area contributed by atoms with Gasteiger partial charge in [0.15, 0.2) is 11.6 Å². The molecule has 0 unspecified atom stereocenters. The fourth-order valence-corrected chi connectivity index (χ4v) is 5.27. The number of piperidine rings is 3. The van der Waals surface area contributed by atoms with E-state index in [9.17, 15) is 18.4 Å². The van der Waals surface area contributed by atoms with Crippen LogP contribution in [0.5, 0.6) is 0 Å². The highest BCUT2D eigenvalue weighted by Gasteiger charge is 2.54. The highest BCUT2D eigenvalue weighted by molar-refractivity contribution is 5.79. The lowest BCUT2D eigenvalue weighted by molar-refractivity contribution is -0.135. The summed E-state index contributed by atoms with van der Waals surface area (Å²) in [6.07, 6.45) is 2.30. The number of hydrogen-bond donors (Lipinski definition) is 1. The lowest BCUT2D eigenvalue weighted by Gasteiger charge is -2.51. The van der Waals surface area contributed by atoms with E-state index < -0.39 is 11.6 Å². The molecule has 0 radical (unpaired) electrons. The summed E-state index contributed by atoms with van der Waals surface area (Å²) in [6.45, 7) is 4.03. The molecule has 5 rings (SSSR count). The molecular weight excluding hydrogens is 352 g/mol. The van der Waals surface area contributed by atoms with E-state index >= 15 is 0 Å². The van der Waals surface area contributed by atoms with Crippen molar-refractivity contribution in [2.75, 3.05) is 26.2 Å². The first kappa shape index (κ1) is 18.3. The Morgan fingerprint density at radius 1 is 1.19 bits per heavy atom. The van der Waals surface area contributed by atoms with Gasteiger partial charge in [0.25, 0.3) is 0 Å². The molecule has 0 aliphatic carbocycles. The number of fused-ring (bicyclic) bond motifs is 2. The second kappa shape index (κ2) is 7.19. The highest BCUT2D eigenvalue weighted by Crippen LogP contribution is 2.47. The minimum Gasteiger partial charge on any atom is -0.356 e. The van der Waals surface area contributed by atoms with Crippen molar-refractivity contribution in [3.05, 3.63) is 35.4 Å². The average molecular weight is 377 g/mol. The number of carbonyl (C=O) groups excluding carboxylic acids is 2. The molecule has 27 heavy (non-hydrogen) atoms. The molecule has 4 heterocycles. The Bertz CT molecular complexity index is 749. The second-order valence-electron chi connectivity index (χ2n) is 7.88. The molecule has 0 spiro atoms. The third kappa shape index (κ3) is 3.22. The molecule has 1 aromatic carbocycles. The van der Waals surface area contributed by atoms with E-state index in [0.29, 0.717) is 24.6 Å². The third-order valence-corrected chi connectivity index (χ3v) is 6.41. The van der Waals surface area contributed by atoms with Gasteiger partial charge in [0.05, 0.1) is 6.04 Å². The van der Waals surface area contributed by atoms with Crippen LogP contribution in [0.3, 0.4) is 0 Å². The molecule has 0 saturated carbocycles. The summed E-state index contributed by atoms with van der Waals surface area (Å²) >= 11 is 0. The summed E-state index contributed by atoms with van der Waals surface area (Å²) in [5.74, 6) is -1.63. The minimum absolute atomic E-state index is 0.0215. The fourth-order valence-electron chi connectivity index (χ4n) is 5.27. The van der Waals surface area contributed by atoms with Gasteiger partial charge < -0.3 is 10.2 Å². The normalized spacial score (nSPS) is 31.7. The molecule has 1 N–H and O–H groups in total. The molecule has 3 atom stereocenters. The summed E-state index contributed by atoms with van der Waals surface area (Å²) < 4.78 is 28.4. The number of carbonyl (C=O) groups is 2. The van der Waals surface area contributed by atoms with Crippen molar-refractivity contribution in [3.63, 3.8) is 0 Å². The number of halogens is 2. The maximum atomic E-state index is 14.5. The number of rotatable bonds is 4. The van der Waals surface area contributed by atoms with Crippen LogP contribution in [0.25, 0.3) is 0 Å². The van der Waals surface area contributed by atoms with E-state index in [1.54, 1.807) is 12.1 Å². The molecule has 0 aromatic heterocycles. The Kier molecular flexibility index (Phi) is 4.88. The second-order valence-corrected chi connectivity index (χ2v) is 7.88. The molecular formula is C20H25F2N3O2. The van der Waals surface area contributed by atoms with Crippen LogP contribution in [0.4, 0.5) is 8.78 Å². The zero-order valence-corrected chi connectivity index (χ0v) is 15.5. The summed E-state index contributed by atoms with van der Waals surface area (Å²) in [5.41, 5.74) is 0.370. The van der Waals surface area contributed by atoms with E-state index in [-0.39, 0.29) is 36.2 Å². The molecule has 1 aromatic rings. The van der Waals surface area contributed by atoms with E-state index in [4.69, 9.17) is 0 Å². The predicted molar refractivity (Wildman–Crippen MR) is 96.0 cm³/mol. The number of amides is 2. The summed E-state index contributed by atoms with van der Waals surface area (Å²) in [4.78, 5) is 28.2. The topological polar surface area (TPSA) is 52.7 Å². The summed E-state index contributed by atoms with van der Waals surface area (Å²) in [6, 6.07) is 4.41. The first-order chi connectivity index (χ1) is 13.0. The SMILES string of the molecule is CC(=O)NCCC(=O)N1C[C@H](c2cccc(F)c2F)[C@H]2[C@@H]1C1CCN2CC1. The fraction of sp³-hybridized carbons (Fsp3) is 0.600. The van der Waals surface area contributed by atoms with Crippen LogP contribution in [0, 0.1) is 17.6 Å². The first-order valence-corrected chi connectivity index (χ1v) is 9.69. The van der Waals surface area contributed by atoms with Crippen LogP contribution < -0.4 is 5.32 Å². The van der Waals surface area contributed by atoms with E-state index in [1.165, 1.54) is 6.92 Å². The van der Waals surface area contributed by atoms with E-state index in [2.05, 4.69) is 10.2 Å². The van der Waals surface area contributed by atoms with Gasteiger partial charge in [-0.2, -0.15) is 0 Å². The van der Waals surface area contributed by atoms with Crippen molar-refractivity contribution in [2.45, 2.75) is 44.2 Å². The Balaban J connectivity index is 1.61. The van der Waals surface area contributed by atoms with Gasteiger partial charge >= 0.3 is 0 Å². The monoisotopic (exact) mass is 377 g/mol. The van der Waals surface area contributed by atoms with Crippen molar-refractivity contribution in [3.8, 4) is 0 Å². The molecule has 4 saturated heterocycles. The standard InChI is InChI=1S/C20H25F2N3O2/c1-12(26)23-8-5-17(27)25-11-15(14-3-2-4-16(21)18(14)22)20-19(25)13-6-9-24(20)10-7-13/h2-4,13,15,19-20H,5-11H2,1H3,(H,23,26)/t15-,19+,20+/m1/s1. The van der Waals surface area contributed by atoms with Crippen LogP contribution in [0.1, 0.15) is 37.7 Å². The maximum Gasteiger partial charge on any atom is 0.224 e. The van der Waals surface area contributed by atoms with E-state index in [0.717, 1.165) is 32.0 Å². The van der Waals surface area contributed by atoms with Gasteiger partial charge in [-0.05, 0) is 43.5 Å². The largest absolute Gasteiger partial charge is 0.356 e. The molecule has 2 bridgehead atoms. The number of likely N-dealkylation sites (tertiary alicyclic amines) is 1. The molecule has 5 nitrogen and oxygen atoms in total. The van der Waals surface area contributed by atoms with Gasteiger partial charge in [0, 0.05) is 38.4 Å². The van der Waals surface area contributed by atoms with Crippen molar-refractivity contribution in [1.82, 2.24) is 15.1 Å². The van der Waals surface area contributed by atoms with Crippen LogP contribution in [0.15, 0.2) is 18.2 Å². The third-order valence-electron chi connectivity index (χ3n) is 6.41. The molecule has 7 heteroatoms. The molecule has 4 aliphatic heterocycles. The van der Waals surface area contributed by atoms with Crippen molar-refractivity contribution < 1.29 is 18.4 Å². The van der Waals surface area contributed by atoms with E-state index in [1.807, 2.05) is 4.90 Å². The van der Waals surface area contributed by atoms with Crippen LogP contribution in [-0.4, -0.2) is 59.9 Å². The van der Waals surface area contributed by atoms with Crippen LogP contribution >= 0.6 is 0 Å². The van der Waals surface area contributed by atoms with Gasteiger partial charge in [0.1, 0.15) is 0 Å². The Morgan fingerprint density at radius 3 is 2.63 bits per heavy atom. The van der Waals surface area contributed by atoms with Crippen molar-refractivity contribution >= 4 is 11.8 Å². The lowest BCUT2D eigenvalue weighted by atomic mass is 9.75. The van der Waals surface area contributed by atoms with Crippen LogP contribution in [-0.2, 0) is 9.59 Å². The molecule has 146 valence electrons. The predicted octanol–water partition coefficient (Wildman–Crippen LogP) is 1.88. The average Bonchev–Trinajstić information content (AvgIpc) is 3.07. The van der Waals surface area contributed by atoms with Gasteiger partial charge in [0.2, 0.25) is 11.8 Å². The Labute approximate surface area is 157 Å². The molecule has 2 amide bonds. The lowest BCUT2D eigenvalue weighted by Crippen LogP contribution is -2.60. The van der Waals surface area contributed by atoms with Gasteiger partial charge in [-0.25, -0.2) is 8.78 Å². The number of hydrogen-bond acceptors (Lipinski definition) is 3. The summed E-state index contributed by atoms with van der Waals surface area (Å²) in [5, 5.41) is 2.66. The van der Waals surface area contributed by atoms with Gasteiger partial charge in [-0.1, -0.05) is 12.1 Å². The molecule has 4 aliphatic rings. The van der Waals surface area contributed by atoms with Crippen molar-refractivity contribution in [2.24, 2.45) is 5.92 Å². The quantitative estimate of drug-likeness (QED) is 0.872.